The number of aromatic amines is 1. The van der Waals surface area contributed by atoms with Crippen molar-refractivity contribution in [1.29, 1.82) is 0 Å². The molecule has 6 rings (SSSR count). The summed E-state index contributed by atoms with van der Waals surface area (Å²) in [5, 5.41) is 12.1. The fourth-order valence-corrected chi connectivity index (χ4v) is 6.43. The molecule has 0 spiro atoms. The van der Waals surface area contributed by atoms with Crippen LogP contribution in [0.15, 0.2) is 36.4 Å². The molecule has 2 amide bonds. The van der Waals surface area contributed by atoms with Crippen molar-refractivity contribution >= 4 is 27.6 Å². The number of nitrogens with one attached hydrogen (secondary N) is 2. The van der Waals surface area contributed by atoms with Gasteiger partial charge in [0.2, 0.25) is 0 Å². The molecule has 9 heteroatoms. The van der Waals surface area contributed by atoms with E-state index in [-0.39, 0.29) is 17.9 Å². The van der Waals surface area contributed by atoms with Gasteiger partial charge in [-0.1, -0.05) is 18.2 Å². The Morgan fingerprint density at radius 1 is 1.24 bits per heavy atom. The van der Waals surface area contributed by atoms with Crippen LogP contribution in [0, 0.1) is 19.7 Å². The molecule has 0 aliphatic carbocycles. The number of benzene rings is 2. The molecule has 2 aliphatic heterocycles. The Balaban J connectivity index is 1.13. The number of halogens is 1. The molecule has 0 radical (unpaired) electrons. The molecular formula is C28H31FN6OS. The van der Waals surface area contributed by atoms with E-state index in [0.29, 0.717) is 19.6 Å². The number of rotatable bonds is 4. The van der Waals surface area contributed by atoms with Crippen molar-refractivity contribution in [2.45, 2.75) is 52.2 Å². The Kier molecular flexibility index (Phi) is 6.42. The summed E-state index contributed by atoms with van der Waals surface area (Å²) in [6.07, 6.45) is 2.66. The van der Waals surface area contributed by atoms with Crippen LogP contribution in [0.5, 0.6) is 0 Å². The van der Waals surface area contributed by atoms with Gasteiger partial charge in [-0.05, 0) is 57.0 Å². The number of thiazole rings is 1. The van der Waals surface area contributed by atoms with Gasteiger partial charge in [-0.3, -0.25) is 10.00 Å². The first-order valence-electron chi connectivity index (χ1n) is 12.9. The van der Waals surface area contributed by atoms with Gasteiger partial charge >= 0.3 is 6.03 Å². The van der Waals surface area contributed by atoms with Crippen LogP contribution in [-0.2, 0) is 19.5 Å². The molecule has 37 heavy (non-hydrogen) atoms. The molecule has 4 heterocycles. The Labute approximate surface area is 219 Å². The van der Waals surface area contributed by atoms with Gasteiger partial charge in [0.1, 0.15) is 5.82 Å². The molecule has 2 aromatic heterocycles. The minimum absolute atomic E-state index is 0.0414. The zero-order valence-corrected chi connectivity index (χ0v) is 22.0. The molecule has 0 saturated carbocycles. The summed E-state index contributed by atoms with van der Waals surface area (Å²) >= 11 is 1.68. The molecule has 0 unspecified atom stereocenters. The SMILES string of the molecule is Cc1nc2ccc(-c3n[nH]c4c3CN(C(=O)N[C@@H]3CCCN(Cc5c(C)cccc5F)C3)CC4)cc2s1. The van der Waals surface area contributed by atoms with Gasteiger partial charge in [0.15, 0.2) is 0 Å². The van der Waals surface area contributed by atoms with E-state index < -0.39 is 0 Å². The minimum atomic E-state index is -0.157. The van der Waals surface area contributed by atoms with Gasteiger partial charge in [0.05, 0.1) is 27.5 Å². The number of fused-ring (bicyclic) bond motifs is 2. The van der Waals surface area contributed by atoms with Crippen molar-refractivity contribution in [3.8, 4) is 11.3 Å². The van der Waals surface area contributed by atoms with Crippen LogP contribution < -0.4 is 5.32 Å². The zero-order valence-electron chi connectivity index (χ0n) is 21.2. The normalized spacial score (nSPS) is 18.2. The molecule has 192 valence electrons. The number of hydrogen-bond acceptors (Lipinski definition) is 5. The first-order valence-corrected chi connectivity index (χ1v) is 13.7. The molecule has 1 atom stereocenters. The number of hydrogen-bond donors (Lipinski definition) is 2. The summed E-state index contributed by atoms with van der Waals surface area (Å²) in [6.45, 7) is 7.35. The number of aromatic nitrogens is 3. The minimum Gasteiger partial charge on any atom is -0.334 e. The maximum Gasteiger partial charge on any atom is 0.317 e. The van der Waals surface area contributed by atoms with Gasteiger partial charge in [0, 0.05) is 54.5 Å². The highest BCUT2D eigenvalue weighted by atomic mass is 32.1. The highest BCUT2D eigenvalue weighted by Crippen LogP contribution is 2.32. The van der Waals surface area contributed by atoms with Crippen molar-refractivity contribution in [2.75, 3.05) is 19.6 Å². The molecule has 4 aromatic rings. The average Bonchev–Trinajstić information content (AvgIpc) is 3.48. The van der Waals surface area contributed by atoms with Gasteiger partial charge in [-0.2, -0.15) is 5.10 Å². The summed E-state index contributed by atoms with van der Waals surface area (Å²) in [4.78, 5) is 22.0. The summed E-state index contributed by atoms with van der Waals surface area (Å²) in [7, 11) is 0. The number of carbonyl (C=O) groups is 1. The molecular weight excluding hydrogens is 487 g/mol. The number of likely N-dealkylation sites (tertiary alicyclic amines) is 1. The van der Waals surface area contributed by atoms with Crippen molar-refractivity contribution < 1.29 is 9.18 Å². The van der Waals surface area contributed by atoms with Crippen LogP contribution in [0.25, 0.3) is 21.5 Å². The lowest BCUT2D eigenvalue weighted by molar-refractivity contribution is 0.159. The lowest BCUT2D eigenvalue weighted by Gasteiger charge is -2.35. The summed E-state index contributed by atoms with van der Waals surface area (Å²) in [6, 6.07) is 11.5. The number of nitrogens with zero attached hydrogens (tertiary/aromatic N) is 4. The van der Waals surface area contributed by atoms with Crippen LogP contribution in [0.3, 0.4) is 0 Å². The van der Waals surface area contributed by atoms with E-state index in [4.69, 9.17) is 0 Å². The van der Waals surface area contributed by atoms with Gasteiger partial charge in [-0.15, -0.1) is 11.3 Å². The molecule has 1 saturated heterocycles. The third-order valence-electron chi connectivity index (χ3n) is 7.56. The number of urea groups is 1. The largest absolute Gasteiger partial charge is 0.334 e. The Bertz CT molecular complexity index is 1440. The molecule has 2 N–H and O–H groups in total. The Morgan fingerprint density at radius 3 is 3.00 bits per heavy atom. The van der Waals surface area contributed by atoms with Gasteiger partial charge < -0.3 is 10.2 Å². The van der Waals surface area contributed by atoms with Crippen molar-refractivity contribution in [2.24, 2.45) is 0 Å². The highest BCUT2D eigenvalue weighted by molar-refractivity contribution is 7.18. The average molecular weight is 519 g/mol. The monoisotopic (exact) mass is 518 g/mol. The number of aryl methyl sites for hydroxylation is 2. The zero-order chi connectivity index (χ0) is 25.5. The standard InChI is InChI=1S/C28H31FN6OS/c1-17-5-3-7-23(29)21(17)15-34-11-4-6-20(14-34)31-28(36)35-12-10-24-22(16-35)27(33-32-24)19-8-9-25-26(13-19)37-18(2)30-25/h3,5,7-9,13,20H,4,6,10-12,14-16H2,1-2H3,(H,31,36)(H,32,33)/t20-/m1/s1. The topological polar surface area (TPSA) is 77.1 Å². The predicted octanol–water partition coefficient (Wildman–Crippen LogP) is 5.17. The van der Waals surface area contributed by atoms with E-state index in [2.05, 4.69) is 37.5 Å². The summed E-state index contributed by atoms with van der Waals surface area (Å²) < 4.78 is 15.5. The quantitative estimate of drug-likeness (QED) is 0.391. The highest BCUT2D eigenvalue weighted by Gasteiger charge is 2.29. The molecule has 1 fully saturated rings. The second-order valence-corrected chi connectivity index (χ2v) is 11.4. The second kappa shape index (κ2) is 9.87. The number of piperidine rings is 1. The fraction of sp³-hybridized carbons (Fsp3) is 0.393. The third kappa shape index (κ3) is 4.85. The van der Waals surface area contributed by atoms with Crippen LogP contribution in [0.1, 0.15) is 40.2 Å². The number of amides is 2. The van der Waals surface area contributed by atoms with Crippen molar-refractivity contribution in [3.05, 3.63) is 69.6 Å². The van der Waals surface area contributed by atoms with E-state index >= 15 is 0 Å². The smallest absolute Gasteiger partial charge is 0.317 e. The van der Waals surface area contributed by atoms with Gasteiger partial charge in [0.25, 0.3) is 0 Å². The van der Waals surface area contributed by atoms with Crippen LogP contribution in [0.4, 0.5) is 9.18 Å². The van der Waals surface area contributed by atoms with Crippen molar-refractivity contribution in [3.63, 3.8) is 0 Å². The summed E-state index contributed by atoms with van der Waals surface area (Å²) in [5.41, 5.74) is 6.86. The lowest BCUT2D eigenvalue weighted by atomic mass is 10.0. The summed E-state index contributed by atoms with van der Waals surface area (Å²) in [5.74, 6) is -0.157. The van der Waals surface area contributed by atoms with E-state index in [1.165, 1.54) is 6.07 Å². The first kappa shape index (κ1) is 24.1. The van der Waals surface area contributed by atoms with E-state index in [1.807, 2.05) is 30.9 Å². The maximum atomic E-state index is 14.4. The molecule has 0 bridgehead atoms. The molecule has 7 nitrogen and oxygen atoms in total. The third-order valence-corrected chi connectivity index (χ3v) is 8.49. The van der Waals surface area contributed by atoms with E-state index in [0.717, 1.165) is 81.2 Å². The number of carbonyl (C=O) groups excluding carboxylic acids is 1. The van der Waals surface area contributed by atoms with E-state index in [9.17, 15) is 9.18 Å². The van der Waals surface area contributed by atoms with Crippen molar-refractivity contribution in [1.82, 2.24) is 30.3 Å². The maximum absolute atomic E-state index is 14.4. The van der Waals surface area contributed by atoms with E-state index in [1.54, 1.807) is 17.4 Å². The van der Waals surface area contributed by atoms with Gasteiger partial charge in [-0.25, -0.2) is 14.2 Å². The molecule has 2 aromatic carbocycles. The molecule has 2 aliphatic rings. The first-order chi connectivity index (χ1) is 17.9. The predicted molar refractivity (Wildman–Crippen MR) is 144 cm³/mol. The van der Waals surface area contributed by atoms with Crippen LogP contribution in [-0.4, -0.2) is 56.7 Å². The Hall–Kier alpha value is -3.30. The lowest BCUT2D eigenvalue weighted by Crippen LogP contribution is -2.52. The fourth-order valence-electron chi connectivity index (χ4n) is 5.57. The van der Waals surface area contributed by atoms with Crippen LogP contribution >= 0.6 is 11.3 Å². The number of H-pyrrole nitrogens is 1. The van der Waals surface area contributed by atoms with Crippen LogP contribution in [0.2, 0.25) is 0 Å². The second-order valence-electron chi connectivity index (χ2n) is 10.2. The Morgan fingerprint density at radius 2 is 2.14 bits per heavy atom.